The van der Waals surface area contributed by atoms with Crippen molar-refractivity contribution in [3.63, 3.8) is 0 Å². The summed E-state index contributed by atoms with van der Waals surface area (Å²) in [6, 6.07) is 17.6. The first kappa shape index (κ1) is 35.4. The lowest BCUT2D eigenvalue weighted by atomic mass is 9.80. The van der Waals surface area contributed by atoms with Crippen LogP contribution in [0.5, 0.6) is 17.2 Å². The van der Waals surface area contributed by atoms with Crippen molar-refractivity contribution in [1.82, 2.24) is 0 Å². The van der Waals surface area contributed by atoms with E-state index in [1.807, 2.05) is 18.2 Å². The van der Waals surface area contributed by atoms with E-state index in [9.17, 15) is 14.4 Å². The van der Waals surface area contributed by atoms with E-state index in [2.05, 4.69) is 13.8 Å². The number of rotatable bonds is 20. The summed E-state index contributed by atoms with van der Waals surface area (Å²) in [5, 5.41) is 0. The van der Waals surface area contributed by atoms with E-state index in [1.54, 1.807) is 42.5 Å². The number of unbranched alkanes of at least 4 members (excludes halogenated alkanes) is 12. The molecule has 3 aromatic rings. The highest BCUT2D eigenvalue weighted by Gasteiger charge is 2.55. The summed E-state index contributed by atoms with van der Waals surface area (Å²) >= 11 is 0. The quantitative estimate of drug-likeness (QED) is 0.0523. The van der Waals surface area contributed by atoms with Gasteiger partial charge in [-0.25, -0.2) is 4.79 Å². The number of hydrogen-bond donors (Lipinski definition) is 0. The van der Waals surface area contributed by atoms with Crippen LogP contribution >= 0.6 is 0 Å². The fourth-order valence-electron chi connectivity index (χ4n) is 7.03. The molecule has 48 heavy (non-hydrogen) atoms. The predicted molar refractivity (Wildman–Crippen MR) is 190 cm³/mol. The number of carbonyl (C=O) groups excluding carboxylic acids is 3. The molecule has 0 aromatic heterocycles. The van der Waals surface area contributed by atoms with E-state index in [4.69, 9.17) is 14.2 Å². The fourth-order valence-corrected chi connectivity index (χ4v) is 7.03. The minimum atomic E-state index is -1.14. The Morgan fingerprint density at radius 2 is 1.00 bits per heavy atom. The SMILES string of the molecule is CCCCCCCCCOc1ccc(C(=O)Oc2ccc3c(c2)CC2(Cc4cc(OCCCCCCCCC)ccc4C2=O)C3=O)cc1. The molecule has 5 rings (SSSR count). The molecule has 0 radical (unpaired) electrons. The number of hydrogen-bond acceptors (Lipinski definition) is 6. The number of ketones is 2. The van der Waals surface area contributed by atoms with Crippen LogP contribution in [-0.4, -0.2) is 30.7 Å². The van der Waals surface area contributed by atoms with Crippen molar-refractivity contribution in [2.45, 2.75) is 117 Å². The molecule has 0 heterocycles. The number of ether oxygens (including phenoxy) is 3. The largest absolute Gasteiger partial charge is 0.494 e. The molecule has 0 aliphatic heterocycles. The Hall–Kier alpha value is -3.93. The predicted octanol–water partition coefficient (Wildman–Crippen LogP) is 10.3. The maximum atomic E-state index is 13.7. The lowest BCUT2D eigenvalue weighted by Crippen LogP contribution is -2.34. The molecule has 3 aromatic carbocycles. The lowest BCUT2D eigenvalue weighted by molar-refractivity contribution is 0.0701. The van der Waals surface area contributed by atoms with Gasteiger partial charge >= 0.3 is 5.97 Å². The molecular formula is C42H52O6. The summed E-state index contributed by atoms with van der Waals surface area (Å²) in [5.74, 6) is 1.05. The Balaban J connectivity index is 1.11. The molecule has 0 N–H and O–H groups in total. The zero-order valence-electron chi connectivity index (χ0n) is 29.0. The molecule has 0 bridgehead atoms. The van der Waals surface area contributed by atoms with Gasteiger partial charge in [-0.3, -0.25) is 9.59 Å². The van der Waals surface area contributed by atoms with Crippen molar-refractivity contribution in [3.8, 4) is 17.2 Å². The molecule has 0 amide bonds. The monoisotopic (exact) mass is 652 g/mol. The Bertz CT molecular complexity index is 1540. The molecule has 0 saturated carbocycles. The molecule has 0 saturated heterocycles. The second-order valence-electron chi connectivity index (χ2n) is 13.6. The fraction of sp³-hybridized carbons (Fsp3) is 0.500. The summed E-state index contributed by atoms with van der Waals surface area (Å²) in [6.07, 6.45) is 17.8. The normalized spacial score (nSPS) is 16.3. The van der Waals surface area contributed by atoms with E-state index in [1.165, 1.54) is 64.2 Å². The van der Waals surface area contributed by atoms with E-state index >= 15 is 0 Å². The molecule has 1 spiro atoms. The third-order valence-electron chi connectivity index (χ3n) is 9.83. The van der Waals surface area contributed by atoms with Gasteiger partial charge in [-0.05, 0) is 97.5 Å². The molecule has 256 valence electrons. The summed E-state index contributed by atoms with van der Waals surface area (Å²) in [6.45, 7) is 5.77. The maximum absolute atomic E-state index is 13.7. The van der Waals surface area contributed by atoms with E-state index < -0.39 is 11.4 Å². The Morgan fingerprint density at radius 1 is 0.562 bits per heavy atom. The second kappa shape index (κ2) is 17.5. The van der Waals surface area contributed by atoms with E-state index in [0.717, 1.165) is 48.3 Å². The van der Waals surface area contributed by atoms with Gasteiger partial charge in [0.15, 0.2) is 11.6 Å². The summed E-state index contributed by atoms with van der Waals surface area (Å²) < 4.78 is 17.6. The number of carbonyl (C=O) groups is 3. The smallest absolute Gasteiger partial charge is 0.343 e. The number of fused-ring (bicyclic) bond motifs is 2. The van der Waals surface area contributed by atoms with Gasteiger partial charge in [0.25, 0.3) is 0 Å². The van der Waals surface area contributed by atoms with Crippen molar-refractivity contribution in [1.29, 1.82) is 0 Å². The highest BCUT2D eigenvalue weighted by Crippen LogP contribution is 2.48. The van der Waals surface area contributed by atoms with E-state index in [-0.39, 0.29) is 11.6 Å². The molecule has 0 fully saturated rings. The molecule has 2 aliphatic carbocycles. The average molecular weight is 653 g/mol. The van der Waals surface area contributed by atoms with Crippen molar-refractivity contribution < 1.29 is 28.6 Å². The zero-order chi connectivity index (χ0) is 33.8. The van der Waals surface area contributed by atoms with Crippen molar-refractivity contribution in [2.75, 3.05) is 13.2 Å². The molecule has 6 nitrogen and oxygen atoms in total. The molecule has 1 unspecified atom stereocenters. The van der Waals surface area contributed by atoms with Crippen LogP contribution in [-0.2, 0) is 12.8 Å². The van der Waals surface area contributed by atoms with Crippen LogP contribution < -0.4 is 14.2 Å². The molecular weight excluding hydrogens is 600 g/mol. The van der Waals surface area contributed by atoms with Crippen molar-refractivity contribution in [3.05, 3.63) is 88.5 Å². The zero-order valence-corrected chi connectivity index (χ0v) is 29.0. The number of benzene rings is 3. The second-order valence-corrected chi connectivity index (χ2v) is 13.6. The summed E-state index contributed by atoms with van der Waals surface area (Å²) in [7, 11) is 0. The first-order chi connectivity index (χ1) is 23.4. The van der Waals surface area contributed by atoms with Gasteiger partial charge in [0, 0.05) is 11.1 Å². The summed E-state index contributed by atoms with van der Waals surface area (Å²) in [4.78, 5) is 40.3. The summed E-state index contributed by atoms with van der Waals surface area (Å²) in [5.41, 5.74) is 1.98. The Kier molecular flexibility index (Phi) is 12.9. The van der Waals surface area contributed by atoms with Gasteiger partial charge in [-0.1, -0.05) is 90.9 Å². The number of esters is 1. The van der Waals surface area contributed by atoms with Crippen LogP contribution in [0.4, 0.5) is 0 Å². The molecule has 1 atom stereocenters. The van der Waals surface area contributed by atoms with Gasteiger partial charge in [0.2, 0.25) is 0 Å². The van der Waals surface area contributed by atoms with Crippen molar-refractivity contribution in [2.24, 2.45) is 5.41 Å². The standard InChI is InChI=1S/C42H52O6/c1-3-5-7-9-11-13-15-25-46-34-19-17-31(18-20-34)41(45)48-36-22-24-38-33(28-36)30-42(40(38)44)29-32-27-35(21-23-37(32)39(42)43)47-26-16-14-12-10-8-6-4-2/h17-24,27-28H,3-16,25-26,29-30H2,1-2H3. The number of Topliss-reactive ketones (excluding diaryl/α,β-unsaturated/α-hetero) is 2. The highest BCUT2D eigenvalue weighted by atomic mass is 16.5. The Morgan fingerprint density at radius 3 is 1.54 bits per heavy atom. The highest BCUT2D eigenvalue weighted by molar-refractivity contribution is 6.24. The van der Waals surface area contributed by atoms with Crippen LogP contribution in [0, 0.1) is 5.41 Å². The topological polar surface area (TPSA) is 78.9 Å². The maximum Gasteiger partial charge on any atom is 0.343 e. The van der Waals surface area contributed by atoms with Crippen LogP contribution in [0.3, 0.4) is 0 Å². The minimum absolute atomic E-state index is 0.134. The van der Waals surface area contributed by atoms with Gasteiger partial charge in [0.05, 0.1) is 18.8 Å². The van der Waals surface area contributed by atoms with Gasteiger partial charge in [-0.15, -0.1) is 0 Å². The van der Waals surface area contributed by atoms with E-state index in [0.29, 0.717) is 48.5 Å². The average Bonchev–Trinajstić information content (AvgIpc) is 3.54. The third kappa shape index (κ3) is 8.75. The van der Waals surface area contributed by atoms with Gasteiger partial charge < -0.3 is 14.2 Å². The van der Waals surface area contributed by atoms with Crippen LogP contribution in [0.15, 0.2) is 60.7 Å². The molecule has 2 aliphatic rings. The van der Waals surface area contributed by atoms with Crippen LogP contribution in [0.25, 0.3) is 0 Å². The third-order valence-corrected chi connectivity index (χ3v) is 9.83. The van der Waals surface area contributed by atoms with Crippen LogP contribution in [0.2, 0.25) is 0 Å². The first-order valence-electron chi connectivity index (χ1n) is 18.4. The van der Waals surface area contributed by atoms with Gasteiger partial charge in [0.1, 0.15) is 22.7 Å². The van der Waals surface area contributed by atoms with Crippen molar-refractivity contribution >= 4 is 17.5 Å². The van der Waals surface area contributed by atoms with Crippen LogP contribution in [0.1, 0.15) is 146 Å². The van der Waals surface area contributed by atoms with Gasteiger partial charge in [-0.2, -0.15) is 0 Å². The molecule has 6 heteroatoms. The Labute approximate surface area is 286 Å². The first-order valence-corrected chi connectivity index (χ1v) is 18.4. The lowest BCUT2D eigenvalue weighted by Gasteiger charge is -2.18. The minimum Gasteiger partial charge on any atom is -0.494 e.